The Balaban J connectivity index is 1.86. The second kappa shape index (κ2) is 9.06. The molecule has 1 saturated heterocycles. The minimum absolute atomic E-state index is 0.190. The van der Waals surface area contributed by atoms with Gasteiger partial charge in [0.25, 0.3) is 0 Å². The molecule has 0 spiro atoms. The van der Waals surface area contributed by atoms with Gasteiger partial charge in [0.05, 0.1) is 12.7 Å². The number of hydrogen-bond acceptors (Lipinski definition) is 4. The van der Waals surface area contributed by atoms with E-state index in [-0.39, 0.29) is 18.1 Å². The number of piperidine rings is 1. The van der Waals surface area contributed by atoms with Crippen molar-refractivity contribution < 1.29 is 19.1 Å². The first-order chi connectivity index (χ1) is 12.3. The summed E-state index contributed by atoms with van der Waals surface area (Å²) >= 11 is 0. The molecule has 5 nitrogen and oxygen atoms in total. The first kappa shape index (κ1) is 20.3. The Morgan fingerprint density at radius 3 is 2.46 bits per heavy atom. The molecule has 1 fully saturated rings. The van der Waals surface area contributed by atoms with Gasteiger partial charge in [-0.05, 0) is 77.0 Å². The lowest BCUT2D eigenvalue weighted by Gasteiger charge is -2.37. The predicted octanol–water partition coefficient (Wildman–Crippen LogP) is 4.59. The van der Waals surface area contributed by atoms with E-state index in [0.29, 0.717) is 5.56 Å². The first-order valence-corrected chi connectivity index (χ1v) is 9.47. The number of carbonyl (C=O) groups is 2. The molecule has 26 heavy (non-hydrogen) atoms. The van der Waals surface area contributed by atoms with E-state index in [0.717, 1.165) is 45.1 Å². The third kappa shape index (κ3) is 6.04. The normalized spacial score (nSPS) is 17.7. The van der Waals surface area contributed by atoms with Gasteiger partial charge in [-0.15, -0.1) is 0 Å². The Bertz CT molecular complexity index is 603. The van der Waals surface area contributed by atoms with Crippen LogP contribution in [-0.2, 0) is 15.9 Å². The highest BCUT2D eigenvalue weighted by atomic mass is 16.6. The molecule has 0 N–H and O–H groups in total. The SMILES string of the molecule is COC(=O)c1ccc(CCCC2CCCCN2C(=O)OC(C)(C)C)cc1. The molecule has 1 aromatic carbocycles. The Morgan fingerprint density at radius 2 is 1.85 bits per heavy atom. The van der Waals surface area contributed by atoms with Crippen molar-refractivity contribution in [2.45, 2.75) is 70.9 Å². The summed E-state index contributed by atoms with van der Waals surface area (Å²) in [6.45, 7) is 6.50. The molecule has 1 aromatic rings. The van der Waals surface area contributed by atoms with Crippen molar-refractivity contribution in [1.29, 1.82) is 0 Å². The molecule has 0 aromatic heterocycles. The zero-order valence-electron chi connectivity index (χ0n) is 16.4. The van der Waals surface area contributed by atoms with Gasteiger partial charge in [-0.2, -0.15) is 0 Å². The Labute approximate surface area is 156 Å². The maximum Gasteiger partial charge on any atom is 0.410 e. The van der Waals surface area contributed by atoms with Gasteiger partial charge in [0, 0.05) is 12.6 Å². The van der Waals surface area contributed by atoms with Crippen LogP contribution in [0.2, 0.25) is 0 Å². The van der Waals surface area contributed by atoms with E-state index < -0.39 is 5.60 Å². The summed E-state index contributed by atoms with van der Waals surface area (Å²) in [5.74, 6) is -0.313. The van der Waals surface area contributed by atoms with Gasteiger partial charge in [-0.25, -0.2) is 9.59 Å². The average Bonchev–Trinajstić information content (AvgIpc) is 2.60. The summed E-state index contributed by atoms with van der Waals surface area (Å²) in [5, 5.41) is 0. The van der Waals surface area contributed by atoms with Gasteiger partial charge in [-0.1, -0.05) is 12.1 Å². The summed E-state index contributed by atoms with van der Waals surface area (Å²) in [7, 11) is 1.39. The molecule has 0 radical (unpaired) electrons. The van der Waals surface area contributed by atoms with Crippen LogP contribution in [0.1, 0.15) is 68.8 Å². The van der Waals surface area contributed by atoms with Gasteiger partial charge >= 0.3 is 12.1 Å². The van der Waals surface area contributed by atoms with Crippen molar-refractivity contribution in [3.63, 3.8) is 0 Å². The lowest BCUT2D eigenvalue weighted by molar-refractivity contribution is 0.00865. The van der Waals surface area contributed by atoms with Gasteiger partial charge in [0.1, 0.15) is 5.60 Å². The molecular formula is C21H31NO4. The molecule has 0 bridgehead atoms. The maximum atomic E-state index is 12.4. The molecule has 2 rings (SSSR count). The number of hydrogen-bond donors (Lipinski definition) is 0. The third-order valence-corrected chi connectivity index (χ3v) is 4.63. The summed E-state index contributed by atoms with van der Waals surface area (Å²) in [4.78, 5) is 25.8. The molecule has 5 heteroatoms. The second-order valence-corrected chi connectivity index (χ2v) is 7.90. The van der Waals surface area contributed by atoms with E-state index in [2.05, 4.69) is 0 Å². The van der Waals surface area contributed by atoms with Crippen molar-refractivity contribution in [3.8, 4) is 0 Å². The molecule has 0 aliphatic carbocycles. The van der Waals surface area contributed by atoms with E-state index >= 15 is 0 Å². The zero-order chi connectivity index (χ0) is 19.2. The standard InChI is InChI=1S/C21H31NO4/c1-21(2,3)26-20(24)22-15-6-5-9-18(22)10-7-8-16-11-13-17(14-12-16)19(23)25-4/h11-14,18H,5-10,15H2,1-4H3. The largest absolute Gasteiger partial charge is 0.465 e. The van der Waals surface area contributed by atoms with E-state index in [1.54, 1.807) is 12.1 Å². The number of benzene rings is 1. The van der Waals surface area contributed by atoms with Gasteiger partial charge in [-0.3, -0.25) is 0 Å². The number of ether oxygens (including phenoxy) is 2. The molecule has 144 valence electrons. The number of methoxy groups -OCH3 is 1. The van der Waals surface area contributed by atoms with Crippen molar-refractivity contribution >= 4 is 12.1 Å². The number of esters is 1. The van der Waals surface area contributed by atoms with E-state index in [1.165, 1.54) is 12.7 Å². The number of carbonyl (C=O) groups excluding carboxylic acids is 2. The predicted molar refractivity (Wildman–Crippen MR) is 101 cm³/mol. The van der Waals surface area contributed by atoms with Crippen LogP contribution in [-0.4, -0.2) is 42.3 Å². The Kier molecular flexibility index (Phi) is 7.06. The smallest absolute Gasteiger partial charge is 0.410 e. The van der Waals surface area contributed by atoms with Crippen LogP contribution >= 0.6 is 0 Å². The molecular weight excluding hydrogens is 330 g/mol. The Morgan fingerprint density at radius 1 is 1.15 bits per heavy atom. The summed E-state index contributed by atoms with van der Waals surface area (Å²) in [6.07, 6.45) is 5.97. The van der Waals surface area contributed by atoms with E-state index in [1.807, 2.05) is 37.8 Å². The Hall–Kier alpha value is -2.04. The number of nitrogens with zero attached hydrogens (tertiary/aromatic N) is 1. The van der Waals surface area contributed by atoms with Crippen molar-refractivity contribution in [1.82, 2.24) is 4.90 Å². The lowest BCUT2D eigenvalue weighted by atomic mass is 9.96. The molecule has 1 unspecified atom stereocenters. The van der Waals surface area contributed by atoms with Crippen molar-refractivity contribution in [3.05, 3.63) is 35.4 Å². The quantitative estimate of drug-likeness (QED) is 0.720. The van der Waals surface area contributed by atoms with Crippen LogP contribution in [0.3, 0.4) is 0 Å². The zero-order valence-corrected chi connectivity index (χ0v) is 16.4. The molecule has 1 aliphatic heterocycles. The number of aryl methyl sites for hydroxylation is 1. The first-order valence-electron chi connectivity index (χ1n) is 9.47. The van der Waals surface area contributed by atoms with E-state index in [9.17, 15) is 9.59 Å². The molecule has 1 aliphatic rings. The fourth-order valence-electron chi connectivity index (χ4n) is 3.33. The van der Waals surface area contributed by atoms with Gasteiger partial charge in [0.15, 0.2) is 0 Å². The number of amides is 1. The summed E-state index contributed by atoms with van der Waals surface area (Å²) in [6, 6.07) is 7.80. The van der Waals surface area contributed by atoms with E-state index in [4.69, 9.17) is 9.47 Å². The number of likely N-dealkylation sites (tertiary alicyclic amines) is 1. The topological polar surface area (TPSA) is 55.8 Å². The van der Waals surface area contributed by atoms with Crippen molar-refractivity contribution in [2.75, 3.05) is 13.7 Å². The molecule has 1 amide bonds. The van der Waals surface area contributed by atoms with Crippen molar-refractivity contribution in [2.24, 2.45) is 0 Å². The van der Waals surface area contributed by atoms with Crippen LogP contribution in [0.5, 0.6) is 0 Å². The molecule has 0 saturated carbocycles. The van der Waals surface area contributed by atoms with Gasteiger partial charge < -0.3 is 14.4 Å². The highest BCUT2D eigenvalue weighted by Gasteiger charge is 2.29. The number of rotatable bonds is 5. The van der Waals surface area contributed by atoms with Crippen LogP contribution in [0, 0.1) is 0 Å². The van der Waals surface area contributed by atoms with Crippen LogP contribution in [0.15, 0.2) is 24.3 Å². The average molecular weight is 361 g/mol. The fraction of sp³-hybridized carbons (Fsp3) is 0.619. The fourth-order valence-corrected chi connectivity index (χ4v) is 3.33. The third-order valence-electron chi connectivity index (χ3n) is 4.63. The van der Waals surface area contributed by atoms with Crippen LogP contribution in [0.4, 0.5) is 4.79 Å². The highest BCUT2D eigenvalue weighted by Crippen LogP contribution is 2.24. The monoisotopic (exact) mass is 361 g/mol. The summed E-state index contributed by atoms with van der Waals surface area (Å²) < 4.78 is 10.3. The molecule has 1 heterocycles. The van der Waals surface area contributed by atoms with Gasteiger partial charge in [0.2, 0.25) is 0 Å². The highest BCUT2D eigenvalue weighted by molar-refractivity contribution is 5.89. The maximum absolute atomic E-state index is 12.4. The van der Waals surface area contributed by atoms with Crippen LogP contribution in [0.25, 0.3) is 0 Å². The lowest BCUT2D eigenvalue weighted by Crippen LogP contribution is -2.46. The molecule has 1 atom stereocenters. The minimum Gasteiger partial charge on any atom is -0.465 e. The van der Waals surface area contributed by atoms with Crippen LogP contribution < -0.4 is 0 Å². The summed E-state index contributed by atoms with van der Waals surface area (Å²) in [5.41, 5.74) is 1.30. The second-order valence-electron chi connectivity index (χ2n) is 7.90. The minimum atomic E-state index is -0.458.